The molecule has 2 aromatic carbocycles. The second-order valence-corrected chi connectivity index (χ2v) is 5.33. The molecule has 21 heavy (non-hydrogen) atoms. The van der Waals surface area contributed by atoms with Gasteiger partial charge in [0.15, 0.2) is 0 Å². The first-order chi connectivity index (χ1) is 9.97. The highest BCUT2D eigenvalue weighted by Crippen LogP contribution is 2.11. The van der Waals surface area contributed by atoms with Crippen LogP contribution in [0, 0.1) is 20.8 Å². The van der Waals surface area contributed by atoms with Crippen LogP contribution in [0.2, 0.25) is 0 Å². The zero-order chi connectivity index (χ0) is 15.4. The summed E-state index contributed by atoms with van der Waals surface area (Å²) in [5.74, 6) is -0.192. The van der Waals surface area contributed by atoms with Gasteiger partial charge in [-0.2, -0.15) is 5.10 Å². The number of nitrogens with one attached hydrogen (secondary N) is 1. The molecule has 0 atom stereocenters. The molecule has 108 valence electrons. The highest BCUT2D eigenvalue weighted by Gasteiger charge is 2.06. The van der Waals surface area contributed by atoms with Gasteiger partial charge in [0, 0.05) is 11.1 Å². The van der Waals surface area contributed by atoms with Gasteiger partial charge in [0.1, 0.15) is 0 Å². The number of carbonyl (C=O) groups excluding carboxylic acids is 1. The van der Waals surface area contributed by atoms with Gasteiger partial charge < -0.3 is 0 Å². The van der Waals surface area contributed by atoms with E-state index in [9.17, 15) is 4.79 Å². The average molecular weight is 280 g/mol. The summed E-state index contributed by atoms with van der Waals surface area (Å²) in [7, 11) is 0. The average Bonchev–Trinajstić information content (AvgIpc) is 2.44. The van der Waals surface area contributed by atoms with E-state index in [4.69, 9.17) is 0 Å². The van der Waals surface area contributed by atoms with Gasteiger partial charge in [0.2, 0.25) is 0 Å². The van der Waals surface area contributed by atoms with Crippen molar-refractivity contribution in [2.75, 3.05) is 0 Å². The molecule has 3 heteroatoms. The second-order valence-electron chi connectivity index (χ2n) is 5.33. The smallest absolute Gasteiger partial charge is 0.267 e. The van der Waals surface area contributed by atoms with E-state index in [-0.39, 0.29) is 5.91 Å². The topological polar surface area (TPSA) is 41.5 Å². The van der Waals surface area contributed by atoms with Crippen molar-refractivity contribution in [2.45, 2.75) is 27.7 Å². The van der Waals surface area contributed by atoms with Gasteiger partial charge in [0.05, 0.1) is 5.71 Å². The van der Waals surface area contributed by atoms with Crippen molar-refractivity contribution >= 4 is 11.6 Å². The predicted molar refractivity (Wildman–Crippen MR) is 86.8 cm³/mol. The molecule has 0 heterocycles. The van der Waals surface area contributed by atoms with Crippen LogP contribution in [0.3, 0.4) is 0 Å². The molecule has 0 fully saturated rings. The summed E-state index contributed by atoms with van der Waals surface area (Å²) in [4.78, 5) is 12.1. The lowest BCUT2D eigenvalue weighted by Gasteiger charge is -2.07. The Balaban J connectivity index is 2.15. The molecule has 0 saturated heterocycles. The van der Waals surface area contributed by atoms with Crippen molar-refractivity contribution in [1.82, 2.24) is 5.43 Å². The van der Waals surface area contributed by atoms with Crippen LogP contribution in [-0.4, -0.2) is 11.6 Å². The summed E-state index contributed by atoms with van der Waals surface area (Å²) >= 11 is 0. The van der Waals surface area contributed by atoms with E-state index in [0.29, 0.717) is 5.56 Å². The van der Waals surface area contributed by atoms with E-state index in [1.165, 1.54) is 5.56 Å². The first-order valence-electron chi connectivity index (χ1n) is 6.96. The van der Waals surface area contributed by atoms with E-state index in [2.05, 4.69) is 23.5 Å². The second kappa shape index (κ2) is 6.35. The lowest BCUT2D eigenvalue weighted by molar-refractivity contribution is 0.0954. The maximum Gasteiger partial charge on any atom is 0.271 e. The molecule has 2 rings (SSSR count). The summed E-state index contributed by atoms with van der Waals surface area (Å²) in [6.45, 7) is 7.96. The number of amides is 1. The predicted octanol–water partition coefficient (Wildman–Crippen LogP) is 3.77. The first-order valence-corrected chi connectivity index (χ1v) is 6.96. The number of aryl methyl sites for hydroxylation is 3. The zero-order valence-electron chi connectivity index (χ0n) is 12.9. The fourth-order valence-corrected chi connectivity index (χ4v) is 2.27. The Labute approximate surface area is 125 Å². The molecule has 1 N–H and O–H groups in total. The van der Waals surface area contributed by atoms with E-state index in [0.717, 1.165) is 22.4 Å². The molecule has 2 aromatic rings. The van der Waals surface area contributed by atoms with Crippen molar-refractivity contribution in [3.8, 4) is 0 Å². The molecule has 0 unspecified atom stereocenters. The molecule has 0 aliphatic heterocycles. The lowest BCUT2D eigenvalue weighted by atomic mass is 10.0. The van der Waals surface area contributed by atoms with Crippen LogP contribution in [0.25, 0.3) is 0 Å². The van der Waals surface area contributed by atoms with Crippen molar-refractivity contribution in [1.29, 1.82) is 0 Å². The Morgan fingerprint density at radius 3 is 2.38 bits per heavy atom. The van der Waals surface area contributed by atoms with Crippen molar-refractivity contribution in [2.24, 2.45) is 5.10 Å². The molecule has 0 spiro atoms. The number of benzene rings is 2. The Morgan fingerprint density at radius 1 is 1.00 bits per heavy atom. The van der Waals surface area contributed by atoms with E-state index in [1.807, 2.05) is 51.1 Å². The number of rotatable bonds is 3. The number of hydrogen-bond acceptors (Lipinski definition) is 2. The van der Waals surface area contributed by atoms with E-state index >= 15 is 0 Å². The fourth-order valence-electron chi connectivity index (χ4n) is 2.27. The number of nitrogens with zero attached hydrogens (tertiary/aromatic N) is 1. The monoisotopic (exact) mass is 280 g/mol. The van der Waals surface area contributed by atoms with Crippen LogP contribution < -0.4 is 5.43 Å². The number of carbonyl (C=O) groups is 1. The summed E-state index contributed by atoms with van der Waals surface area (Å²) < 4.78 is 0. The maximum absolute atomic E-state index is 12.1. The van der Waals surface area contributed by atoms with Gasteiger partial charge in [-0.1, -0.05) is 41.5 Å². The summed E-state index contributed by atoms with van der Waals surface area (Å²) in [5.41, 5.74) is 8.50. The Hall–Kier alpha value is -2.42. The molecule has 0 aliphatic carbocycles. The van der Waals surface area contributed by atoms with Gasteiger partial charge in [-0.25, -0.2) is 5.43 Å². The highest BCUT2D eigenvalue weighted by atomic mass is 16.2. The highest BCUT2D eigenvalue weighted by molar-refractivity contribution is 6.01. The van der Waals surface area contributed by atoms with Crippen LogP contribution in [0.15, 0.2) is 47.6 Å². The van der Waals surface area contributed by atoms with Gasteiger partial charge in [-0.15, -0.1) is 0 Å². The van der Waals surface area contributed by atoms with Crippen LogP contribution in [0.1, 0.15) is 39.5 Å². The van der Waals surface area contributed by atoms with E-state index in [1.54, 1.807) is 6.07 Å². The molecule has 1 amide bonds. The molecule has 0 aromatic heterocycles. The normalized spacial score (nSPS) is 11.3. The van der Waals surface area contributed by atoms with E-state index < -0.39 is 0 Å². The maximum atomic E-state index is 12.1. The van der Waals surface area contributed by atoms with Gasteiger partial charge in [-0.3, -0.25) is 4.79 Å². The third-order valence-corrected chi connectivity index (χ3v) is 3.38. The quantitative estimate of drug-likeness (QED) is 0.675. The number of hydrogen-bond donors (Lipinski definition) is 1. The largest absolute Gasteiger partial charge is 0.271 e. The van der Waals surface area contributed by atoms with Crippen LogP contribution in [-0.2, 0) is 0 Å². The zero-order valence-corrected chi connectivity index (χ0v) is 12.9. The minimum Gasteiger partial charge on any atom is -0.267 e. The third-order valence-electron chi connectivity index (χ3n) is 3.38. The fraction of sp³-hybridized carbons (Fsp3) is 0.222. The Kier molecular flexibility index (Phi) is 4.53. The summed E-state index contributed by atoms with van der Waals surface area (Å²) in [6.07, 6.45) is 0. The van der Waals surface area contributed by atoms with Gasteiger partial charge >= 0.3 is 0 Å². The number of hydrazone groups is 1. The molecular formula is C18H20N2O. The molecular weight excluding hydrogens is 260 g/mol. The standard InChI is InChI=1S/C18H20N2O/c1-12-6-5-7-16(11-12)18(21)20-19-15(4)17-9-8-13(2)10-14(17)3/h5-11H,1-4H3,(H,20,21). The summed E-state index contributed by atoms with van der Waals surface area (Å²) in [6, 6.07) is 13.6. The van der Waals surface area contributed by atoms with Crippen molar-refractivity contribution < 1.29 is 4.79 Å². The van der Waals surface area contributed by atoms with Gasteiger partial charge in [-0.05, 0) is 45.4 Å². The van der Waals surface area contributed by atoms with Crippen molar-refractivity contribution in [3.05, 3.63) is 70.3 Å². The van der Waals surface area contributed by atoms with Gasteiger partial charge in [0.25, 0.3) is 5.91 Å². The SMILES string of the molecule is CC(=NNC(=O)c1cccc(C)c1)c1ccc(C)cc1C. The first kappa shape index (κ1) is 15.0. The Bertz CT molecular complexity index is 702. The minimum atomic E-state index is -0.192. The van der Waals surface area contributed by atoms with Crippen LogP contribution >= 0.6 is 0 Å². The molecule has 0 bridgehead atoms. The Morgan fingerprint density at radius 2 is 1.71 bits per heavy atom. The molecule has 0 aliphatic rings. The third kappa shape index (κ3) is 3.78. The van der Waals surface area contributed by atoms with Crippen LogP contribution in [0.5, 0.6) is 0 Å². The molecule has 0 saturated carbocycles. The molecule has 3 nitrogen and oxygen atoms in total. The van der Waals surface area contributed by atoms with Crippen molar-refractivity contribution in [3.63, 3.8) is 0 Å². The minimum absolute atomic E-state index is 0.192. The van der Waals surface area contributed by atoms with Crippen LogP contribution in [0.4, 0.5) is 0 Å². The lowest BCUT2D eigenvalue weighted by Crippen LogP contribution is -2.19. The summed E-state index contributed by atoms with van der Waals surface area (Å²) in [5, 5.41) is 4.21. The molecule has 0 radical (unpaired) electrons.